The van der Waals surface area contributed by atoms with E-state index in [1.165, 1.54) is 26.2 Å². The molecule has 0 fully saturated rings. The van der Waals surface area contributed by atoms with Crippen LogP contribution in [0.4, 0.5) is 0 Å². The number of carbonyl (C=O) groups is 1. The Morgan fingerprint density at radius 1 is 1.35 bits per heavy atom. The lowest BCUT2D eigenvalue weighted by Crippen LogP contribution is -2.31. The lowest BCUT2D eigenvalue weighted by molar-refractivity contribution is -0.120. The number of aliphatic hydroxyl groups excluding tert-OH is 1. The van der Waals surface area contributed by atoms with Gasteiger partial charge in [-0.25, -0.2) is 12.7 Å². The van der Waals surface area contributed by atoms with Gasteiger partial charge < -0.3 is 10.4 Å². The zero-order valence-corrected chi connectivity index (χ0v) is 12.6. The second-order valence-corrected chi connectivity index (χ2v) is 6.54. The van der Waals surface area contributed by atoms with Crippen molar-refractivity contribution >= 4 is 15.9 Å². The molecule has 1 rings (SSSR count). The molecule has 1 aromatic rings. The van der Waals surface area contributed by atoms with E-state index in [1.54, 1.807) is 19.1 Å². The first-order chi connectivity index (χ1) is 9.28. The normalized spacial score (nSPS) is 13.2. The summed E-state index contributed by atoms with van der Waals surface area (Å²) in [5, 5.41) is 11.8. The summed E-state index contributed by atoms with van der Waals surface area (Å²) in [5.41, 5.74) is 0.650. The lowest BCUT2D eigenvalue weighted by Gasteiger charge is -2.17. The van der Waals surface area contributed by atoms with Gasteiger partial charge in [-0.15, -0.1) is 0 Å². The predicted octanol–water partition coefficient (Wildman–Crippen LogP) is 0.497. The maximum Gasteiger partial charge on any atom is 0.242 e. The van der Waals surface area contributed by atoms with E-state index in [1.807, 2.05) is 0 Å². The zero-order chi connectivity index (χ0) is 15.3. The van der Waals surface area contributed by atoms with Gasteiger partial charge in [0.1, 0.15) is 0 Å². The number of benzene rings is 1. The molecule has 0 spiro atoms. The Labute approximate surface area is 119 Å². The molecular formula is C13H20N2O4S. The number of hydrogen-bond donors (Lipinski definition) is 2. The van der Waals surface area contributed by atoms with Crippen LogP contribution in [-0.4, -0.2) is 44.4 Å². The van der Waals surface area contributed by atoms with E-state index in [4.69, 9.17) is 0 Å². The van der Waals surface area contributed by atoms with Crippen LogP contribution in [0.3, 0.4) is 0 Å². The maximum absolute atomic E-state index is 12.2. The van der Waals surface area contributed by atoms with Crippen LogP contribution in [-0.2, 0) is 14.8 Å². The third kappa shape index (κ3) is 4.03. The van der Waals surface area contributed by atoms with Crippen molar-refractivity contribution in [3.63, 3.8) is 0 Å². The molecule has 0 aliphatic rings. The Morgan fingerprint density at radius 3 is 2.35 bits per heavy atom. The first-order valence-corrected chi connectivity index (χ1v) is 7.68. The zero-order valence-electron chi connectivity index (χ0n) is 11.8. The third-order valence-electron chi connectivity index (χ3n) is 3.00. The Bertz CT molecular complexity index is 552. The van der Waals surface area contributed by atoms with Crippen LogP contribution in [0.1, 0.15) is 25.0 Å². The van der Waals surface area contributed by atoms with E-state index in [2.05, 4.69) is 5.32 Å². The molecule has 0 bridgehead atoms. The van der Waals surface area contributed by atoms with Gasteiger partial charge in [-0.3, -0.25) is 4.79 Å². The number of carbonyl (C=O) groups excluding carboxylic acids is 1. The minimum atomic E-state index is -3.61. The summed E-state index contributed by atoms with van der Waals surface area (Å²) < 4.78 is 25.6. The Kier molecular flexibility index (Phi) is 5.67. The predicted molar refractivity (Wildman–Crippen MR) is 75.6 cm³/mol. The van der Waals surface area contributed by atoms with E-state index in [-0.39, 0.29) is 23.8 Å². The number of aliphatic hydroxyl groups is 1. The molecule has 20 heavy (non-hydrogen) atoms. The van der Waals surface area contributed by atoms with Crippen LogP contribution in [0.2, 0.25) is 0 Å². The van der Waals surface area contributed by atoms with Gasteiger partial charge in [-0.1, -0.05) is 12.1 Å². The third-order valence-corrected chi connectivity index (χ3v) is 4.87. The molecule has 1 atom stereocenters. The maximum atomic E-state index is 12.2. The fourth-order valence-corrected chi connectivity index (χ4v) is 2.77. The van der Waals surface area contributed by atoms with Crippen LogP contribution >= 0.6 is 0 Å². The van der Waals surface area contributed by atoms with Gasteiger partial charge in [0.05, 0.1) is 11.0 Å². The van der Waals surface area contributed by atoms with E-state index < -0.39 is 16.1 Å². The Hall–Kier alpha value is -1.44. The molecule has 0 radical (unpaired) electrons. The monoisotopic (exact) mass is 300 g/mol. The molecule has 7 heteroatoms. The van der Waals surface area contributed by atoms with Gasteiger partial charge in [0.2, 0.25) is 15.9 Å². The summed E-state index contributed by atoms with van der Waals surface area (Å²) in [6.45, 7) is 1.72. The SMILES string of the molecule is CNC(=O)CCN(C)S(=O)(=O)c1ccc(C(C)O)cc1. The molecule has 0 saturated heterocycles. The summed E-state index contributed by atoms with van der Waals surface area (Å²) in [6.07, 6.45) is -0.532. The number of sulfonamides is 1. The number of hydrogen-bond acceptors (Lipinski definition) is 4. The van der Waals surface area contributed by atoms with Crippen LogP contribution in [0.15, 0.2) is 29.2 Å². The molecule has 2 N–H and O–H groups in total. The summed E-state index contributed by atoms with van der Waals surface area (Å²) in [4.78, 5) is 11.3. The van der Waals surface area contributed by atoms with Crippen LogP contribution in [0.5, 0.6) is 0 Å². The van der Waals surface area contributed by atoms with Gasteiger partial charge in [0.15, 0.2) is 0 Å². The molecular weight excluding hydrogens is 280 g/mol. The van der Waals surface area contributed by atoms with Crippen molar-refractivity contribution in [1.82, 2.24) is 9.62 Å². The highest BCUT2D eigenvalue weighted by Crippen LogP contribution is 2.18. The van der Waals surface area contributed by atoms with Crippen molar-refractivity contribution in [2.24, 2.45) is 0 Å². The van der Waals surface area contributed by atoms with Crippen LogP contribution < -0.4 is 5.32 Å². The van der Waals surface area contributed by atoms with E-state index >= 15 is 0 Å². The fraction of sp³-hybridized carbons (Fsp3) is 0.462. The molecule has 0 saturated carbocycles. The molecule has 112 valence electrons. The highest BCUT2D eigenvalue weighted by Gasteiger charge is 2.21. The van der Waals surface area contributed by atoms with Crippen LogP contribution in [0.25, 0.3) is 0 Å². The average molecular weight is 300 g/mol. The molecule has 1 unspecified atom stereocenters. The molecule has 0 heterocycles. The number of nitrogens with one attached hydrogen (secondary N) is 1. The number of nitrogens with zero attached hydrogens (tertiary/aromatic N) is 1. The largest absolute Gasteiger partial charge is 0.389 e. The standard InChI is InChI=1S/C13H20N2O4S/c1-10(16)11-4-6-12(7-5-11)20(18,19)15(3)9-8-13(17)14-2/h4-7,10,16H,8-9H2,1-3H3,(H,14,17). The summed E-state index contributed by atoms with van der Waals surface area (Å²) in [7, 11) is -0.677. The first-order valence-electron chi connectivity index (χ1n) is 6.24. The minimum Gasteiger partial charge on any atom is -0.389 e. The van der Waals surface area contributed by atoms with E-state index in [9.17, 15) is 18.3 Å². The van der Waals surface area contributed by atoms with Crippen molar-refractivity contribution in [2.45, 2.75) is 24.3 Å². The lowest BCUT2D eigenvalue weighted by atomic mass is 10.1. The molecule has 1 amide bonds. The number of amides is 1. The molecule has 1 aromatic carbocycles. The van der Waals surface area contributed by atoms with Gasteiger partial charge in [-0.05, 0) is 24.6 Å². The quantitative estimate of drug-likeness (QED) is 0.801. The Morgan fingerprint density at radius 2 is 1.90 bits per heavy atom. The van der Waals surface area contributed by atoms with Crippen LogP contribution in [0, 0.1) is 0 Å². The van der Waals surface area contributed by atoms with Gasteiger partial charge >= 0.3 is 0 Å². The van der Waals surface area contributed by atoms with Crippen molar-refractivity contribution < 1.29 is 18.3 Å². The fourth-order valence-electron chi connectivity index (χ4n) is 1.60. The van der Waals surface area contributed by atoms with Gasteiger partial charge in [-0.2, -0.15) is 0 Å². The molecule has 0 aromatic heterocycles. The summed E-state index contributed by atoms with van der Waals surface area (Å²) >= 11 is 0. The second-order valence-electron chi connectivity index (χ2n) is 4.49. The van der Waals surface area contributed by atoms with Crippen molar-refractivity contribution in [3.05, 3.63) is 29.8 Å². The summed E-state index contributed by atoms with van der Waals surface area (Å²) in [6, 6.07) is 6.05. The summed E-state index contributed by atoms with van der Waals surface area (Å²) in [5.74, 6) is -0.212. The second kappa shape index (κ2) is 6.83. The highest BCUT2D eigenvalue weighted by atomic mass is 32.2. The number of rotatable bonds is 6. The van der Waals surface area contributed by atoms with Crippen molar-refractivity contribution in [3.8, 4) is 0 Å². The van der Waals surface area contributed by atoms with Gasteiger partial charge in [0, 0.05) is 27.1 Å². The van der Waals surface area contributed by atoms with E-state index in [0.717, 1.165) is 4.31 Å². The van der Waals surface area contributed by atoms with E-state index in [0.29, 0.717) is 5.56 Å². The van der Waals surface area contributed by atoms with Crippen molar-refractivity contribution in [2.75, 3.05) is 20.6 Å². The van der Waals surface area contributed by atoms with Crippen molar-refractivity contribution in [1.29, 1.82) is 0 Å². The topological polar surface area (TPSA) is 86.7 Å². The minimum absolute atomic E-state index is 0.109. The molecule has 0 aliphatic carbocycles. The highest BCUT2D eigenvalue weighted by molar-refractivity contribution is 7.89. The van der Waals surface area contributed by atoms with Gasteiger partial charge in [0.25, 0.3) is 0 Å². The first kappa shape index (κ1) is 16.6. The molecule has 6 nitrogen and oxygen atoms in total. The smallest absolute Gasteiger partial charge is 0.242 e. The molecule has 0 aliphatic heterocycles. The average Bonchev–Trinajstić information content (AvgIpc) is 2.44. The Balaban J connectivity index is 2.84.